The number of fused-ring (bicyclic) bond motifs is 2. The molecule has 0 unspecified atom stereocenters. The molecule has 3 aliphatic rings. The van der Waals surface area contributed by atoms with Crippen molar-refractivity contribution in [2.45, 2.75) is 56.8 Å². The van der Waals surface area contributed by atoms with Gasteiger partial charge < -0.3 is 14.9 Å². The van der Waals surface area contributed by atoms with E-state index in [1.54, 1.807) is 6.92 Å². The molecule has 2 aliphatic carbocycles. The molecule has 1 heterocycles. The van der Waals surface area contributed by atoms with Crippen LogP contribution in [-0.2, 0) is 9.53 Å². The maximum absolute atomic E-state index is 11.7. The molecule has 4 nitrogen and oxygen atoms in total. The summed E-state index contributed by atoms with van der Waals surface area (Å²) >= 11 is 0. The van der Waals surface area contributed by atoms with E-state index in [4.69, 9.17) is 4.74 Å². The Morgan fingerprint density at radius 3 is 2.79 bits per heavy atom. The van der Waals surface area contributed by atoms with Gasteiger partial charge in [0, 0.05) is 11.5 Å². The highest BCUT2D eigenvalue weighted by molar-refractivity contribution is 5.90. The summed E-state index contributed by atoms with van der Waals surface area (Å²) in [5.41, 5.74) is -1.77. The fraction of sp³-hybridized carbons (Fsp3) is 0.800. The lowest BCUT2D eigenvalue weighted by atomic mass is 9.73. The van der Waals surface area contributed by atoms with Gasteiger partial charge in [-0.25, -0.2) is 4.79 Å². The van der Waals surface area contributed by atoms with Gasteiger partial charge in [-0.3, -0.25) is 0 Å². The van der Waals surface area contributed by atoms with Gasteiger partial charge in [-0.15, -0.1) is 0 Å². The maximum Gasteiger partial charge on any atom is 0.334 e. The van der Waals surface area contributed by atoms with Crippen LogP contribution in [0.4, 0.5) is 0 Å². The third-order valence-corrected chi connectivity index (χ3v) is 5.73. The summed E-state index contributed by atoms with van der Waals surface area (Å²) in [6, 6.07) is 0. The number of ether oxygens (including phenoxy) is 1. The van der Waals surface area contributed by atoms with Crippen molar-refractivity contribution in [2.75, 3.05) is 0 Å². The minimum absolute atomic E-state index is 0.0691. The second-order valence-corrected chi connectivity index (χ2v) is 6.84. The first-order chi connectivity index (χ1) is 8.76. The highest BCUT2D eigenvalue weighted by Crippen LogP contribution is 2.55. The maximum atomic E-state index is 11.7. The predicted octanol–water partition coefficient (Wildman–Crippen LogP) is 1.41. The molecule has 0 aromatic rings. The molecule has 106 valence electrons. The van der Waals surface area contributed by atoms with Crippen LogP contribution in [0, 0.1) is 17.8 Å². The second-order valence-electron chi connectivity index (χ2n) is 6.84. The monoisotopic (exact) mass is 266 g/mol. The van der Waals surface area contributed by atoms with Crippen molar-refractivity contribution >= 4 is 5.97 Å². The zero-order valence-corrected chi connectivity index (χ0v) is 11.6. The van der Waals surface area contributed by atoms with Crippen molar-refractivity contribution in [3.05, 3.63) is 12.2 Å². The van der Waals surface area contributed by atoms with E-state index in [1.807, 2.05) is 0 Å². The zero-order valence-electron chi connectivity index (χ0n) is 11.6. The number of carbonyl (C=O) groups excluding carboxylic acids is 1. The Bertz CT molecular complexity index is 441. The minimum Gasteiger partial charge on any atom is -0.458 e. The number of hydrogen-bond acceptors (Lipinski definition) is 4. The first kappa shape index (κ1) is 13.1. The minimum atomic E-state index is -1.14. The van der Waals surface area contributed by atoms with Crippen molar-refractivity contribution in [2.24, 2.45) is 17.8 Å². The van der Waals surface area contributed by atoms with Crippen molar-refractivity contribution in [3.8, 4) is 0 Å². The van der Waals surface area contributed by atoms with E-state index < -0.39 is 11.2 Å². The van der Waals surface area contributed by atoms with Gasteiger partial charge in [-0.1, -0.05) is 13.5 Å². The van der Waals surface area contributed by atoms with Crippen LogP contribution in [0.2, 0.25) is 0 Å². The molecule has 19 heavy (non-hydrogen) atoms. The molecule has 2 N–H and O–H groups in total. The Hall–Kier alpha value is -0.870. The van der Waals surface area contributed by atoms with Gasteiger partial charge in [0.15, 0.2) is 0 Å². The molecule has 2 saturated carbocycles. The van der Waals surface area contributed by atoms with E-state index in [0.717, 1.165) is 12.8 Å². The lowest BCUT2D eigenvalue weighted by Gasteiger charge is -2.41. The Morgan fingerprint density at radius 2 is 2.11 bits per heavy atom. The van der Waals surface area contributed by atoms with Gasteiger partial charge in [0.2, 0.25) is 0 Å². The fourth-order valence-electron chi connectivity index (χ4n) is 4.42. The Kier molecular flexibility index (Phi) is 2.64. The topological polar surface area (TPSA) is 66.8 Å². The normalized spacial score (nSPS) is 53.5. The molecule has 0 radical (unpaired) electrons. The molecule has 1 saturated heterocycles. The third-order valence-electron chi connectivity index (χ3n) is 5.73. The summed E-state index contributed by atoms with van der Waals surface area (Å²) in [7, 11) is 0. The van der Waals surface area contributed by atoms with E-state index in [0.29, 0.717) is 18.4 Å². The van der Waals surface area contributed by atoms with Gasteiger partial charge in [-0.05, 0) is 44.4 Å². The van der Waals surface area contributed by atoms with Crippen LogP contribution < -0.4 is 0 Å². The van der Waals surface area contributed by atoms with Gasteiger partial charge in [0.05, 0.1) is 11.2 Å². The van der Waals surface area contributed by atoms with E-state index >= 15 is 0 Å². The molecular weight excluding hydrogens is 244 g/mol. The van der Waals surface area contributed by atoms with Gasteiger partial charge in [0.1, 0.15) is 6.10 Å². The van der Waals surface area contributed by atoms with Crippen LogP contribution in [0.25, 0.3) is 0 Å². The van der Waals surface area contributed by atoms with Crippen LogP contribution in [-0.4, -0.2) is 33.5 Å². The van der Waals surface area contributed by atoms with E-state index in [2.05, 4.69) is 13.5 Å². The van der Waals surface area contributed by atoms with Crippen LogP contribution in [0.3, 0.4) is 0 Å². The average Bonchev–Trinajstić information content (AvgIpc) is 2.64. The molecule has 0 bridgehead atoms. The summed E-state index contributed by atoms with van der Waals surface area (Å²) in [6.07, 6.45) is 2.38. The SMILES string of the molecule is C=C1C(=O)O[C@H]2C[C@H](C)[C@H]3CC[C@](C)(O)[C@]3(O)C[C@H]12. The average molecular weight is 266 g/mol. The van der Waals surface area contributed by atoms with Crippen LogP contribution in [0.1, 0.15) is 39.5 Å². The Balaban J connectivity index is 2.00. The number of rotatable bonds is 0. The molecule has 0 aromatic carbocycles. The van der Waals surface area contributed by atoms with Crippen molar-refractivity contribution < 1.29 is 19.7 Å². The second kappa shape index (κ2) is 3.83. The van der Waals surface area contributed by atoms with Crippen molar-refractivity contribution in [1.29, 1.82) is 0 Å². The van der Waals surface area contributed by atoms with Gasteiger partial charge in [0.25, 0.3) is 0 Å². The lowest BCUT2D eigenvalue weighted by Crippen LogP contribution is -2.53. The summed E-state index contributed by atoms with van der Waals surface area (Å²) in [6.45, 7) is 7.60. The molecule has 0 amide bonds. The van der Waals surface area contributed by atoms with Crippen molar-refractivity contribution in [3.63, 3.8) is 0 Å². The molecule has 6 atom stereocenters. The summed E-state index contributed by atoms with van der Waals surface area (Å²) in [5.74, 6) is -0.205. The molecular formula is C15H22O4. The van der Waals surface area contributed by atoms with E-state index in [9.17, 15) is 15.0 Å². The largest absolute Gasteiger partial charge is 0.458 e. The highest BCUT2D eigenvalue weighted by atomic mass is 16.6. The van der Waals surface area contributed by atoms with Gasteiger partial charge >= 0.3 is 5.97 Å². The van der Waals surface area contributed by atoms with Crippen molar-refractivity contribution in [1.82, 2.24) is 0 Å². The summed E-state index contributed by atoms with van der Waals surface area (Å²) in [5, 5.41) is 21.6. The molecule has 0 spiro atoms. The smallest absolute Gasteiger partial charge is 0.334 e. The number of esters is 1. The number of carbonyl (C=O) groups is 1. The number of aliphatic hydroxyl groups is 2. The molecule has 1 aliphatic heterocycles. The van der Waals surface area contributed by atoms with E-state index in [1.165, 1.54) is 0 Å². The Labute approximate surface area is 113 Å². The molecule has 0 aromatic heterocycles. The van der Waals surface area contributed by atoms with E-state index in [-0.39, 0.29) is 29.8 Å². The fourth-order valence-corrected chi connectivity index (χ4v) is 4.42. The summed E-state index contributed by atoms with van der Waals surface area (Å²) < 4.78 is 5.38. The molecule has 4 heteroatoms. The zero-order chi connectivity index (χ0) is 14.0. The van der Waals surface area contributed by atoms with Crippen LogP contribution in [0.15, 0.2) is 12.2 Å². The van der Waals surface area contributed by atoms with Gasteiger partial charge in [-0.2, -0.15) is 0 Å². The lowest BCUT2D eigenvalue weighted by molar-refractivity contribution is -0.153. The third kappa shape index (κ3) is 1.62. The first-order valence-corrected chi connectivity index (χ1v) is 7.11. The molecule has 3 rings (SSSR count). The Morgan fingerprint density at radius 1 is 1.42 bits per heavy atom. The number of hydrogen-bond donors (Lipinski definition) is 2. The summed E-state index contributed by atoms with van der Waals surface area (Å²) in [4.78, 5) is 11.7. The predicted molar refractivity (Wildman–Crippen MR) is 69.2 cm³/mol. The first-order valence-electron chi connectivity index (χ1n) is 7.11. The standard InChI is InChI=1S/C15H22O4/c1-8-6-12-10(9(2)13(16)19-12)7-15(18)11(8)4-5-14(15,3)17/h8,10-12,17-18H,2,4-7H2,1,3H3/t8-,10+,11+,12-,14-,15-/m0/s1. The van der Waals surface area contributed by atoms with Crippen LogP contribution >= 0.6 is 0 Å². The molecule has 3 fully saturated rings. The van der Waals surface area contributed by atoms with Crippen LogP contribution in [0.5, 0.6) is 0 Å². The highest BCUT2D eigenvalue weighted by Gasteiger charge is 2.62. The quantitative estimate of drug-likeness (QED) is 0.514.